The molecule has 0 saturated carbocycles. The molecule has 0 bridgehead atoms. The Morgan fingerprint density at radius 1 is 1.24 bits per heavy atom. The van der Waals surface area contributed by atoms with Crippen molar-refractivity contribution >= 4 is 5.91 Å². The Morgan fingerprint density at radius 2 is 2.00 bits per heavy atom. The van der Waals surface area contributed by atoms with Crippen LogP contribution >= 0.6 is 0 Å². The molecule has 0 atom stereocenters. The van der Waals surface area contributed by atoms with E-state index in [0.29, 0.717) is 23.5 Å². The van der Waals surface area contributed by atoms with Crippen molar-refractivity contribution in [3.63, 3.8) is 0 Å². The molecule has 21 heavy (non-hydrogen) atoms. The summed E-state index contributed by atoms with van der Waals surface area (Å²) in [5, 5.41) is 0. The van der Waals surface area contributed by atoms with Gasteiger partial charge in [-0.15, -0.1) is 0 Å². The van der Waals surface area contributed by atoms with E-state index in [-0.39, 0.29) is 11.4 Å². The standard InChI is InChI=1S/C17H18FNO2/c1-3-8-21-16-7-5-12(10-14(16)17(19)20)13-6-4-11(2)9-15(13)18/h4-7,9-10H,3,8H2,1-2H3,(H2,19,20). The molecule has 2 aromatic carbocycles. The van der Waals surface area contributed by atoms with Gasteiger partial charge < -0.3 is 10.5 Å². The Morgan fingerprint density at radius 3 is 2.62 bits per heavy atom. The lowest BCUT2D eigenvalue weighted by Gasteiger charge is -2.11. The van der Waals surface area contributed by atoms with Gasteiger partial charge in [-0.2, -0.15) is 0 Å². The van der Waals surface area contributed by atoms with Gasteiger partial charge >= 0.3 is 0 Å². The van der Waals surface area contributed by atoms with Crippen molar-refractivity contribution in [3.05, 3.63) is 53.3 Å². The quantitative estimate of drug-likeness (QED) is 0.911. The number of halogens is 1. The van der Waals surface area contributed by atoms with Gasteiger partial charge in [-0.1, -0.05) is 25.1 Å². The first-order valence-corrected chi connectivity index (χ1v) is 6.86. The summed E-state index contributed by atoms with van der Waals surface area (Å²) in [5.41, 5.74) is 7.53. The first-order chi connectivity index (χ1) is 10.0. The summed E-state index contributed by atoms with van der Waals surface area (Å²) in [6.45, 7) is 4.29. The van der Waals surface area contributed by atoms with Crippen molar-refractivity contribution in [1.82, 2.24) is 0 Å². The van der Waals surface area contributed by atoms with Gasteiger partial charge in [-0.3, -0.25) is 4.79 Å². The molecule has 0 aliphatic rings. The molecule has 1 amide bonds. The average Bonchev–Trinajstić information content (AvgIpc) is 2.45. The molecule has 110 valence electrons. The fraction of sp³-hybridized carbons (Fsp3) is 0.235. The van der Waals surface area contributed by atoms with Crippen LogP contribution in [0.15, 0.2) is 36.4 Å². The van der Waals surface area contributed by atoms with Crippen molar-refractivity contribution in [2.45, 2.75) is 20.3 Å². The van der Waals surface area contributed by atoms with E-state index in [1.165, 1.54) is 6.07 Å². The number of nitrogens with two attached hydrogens (primary N) is 1. The Balaban J connectivity index is 2.46. The normalized spacial score (nSPS) is 10.4. The van der Waals surface area contributed by atoms with Crippen LogP contribution in [0.5, 0.6) is 5.75 Å². The van der Waals surface area contributed by atoms with Crippen LogP contribution in [0.3, 0.4) is 0 Å². The maximum atomic E-state index is 14.0. The lowest BCUT2D eigenvalue weighted by atomic mass is 10.0. The van der Waals surface area contributed by atoms with Crippen LogP contribution < -0.4 is 10.5 Å². The zero-order valence-corrected chi connectivity index (χ0v) is 12.2. The molecule has 2 rings (SSSR count). The van der Waals surface area contributed by atoms with E-state index < -0.39 is 5.91 Å². The smallest absolute Gasteiger partial charge is 0.252 e. The Kier molecular flexibility index (Phi) is 4.58. The summed E-state index contributed by atoms with van der Waals surface area (Å²) in [6, 6.07) is 9.93. The molecular weight excluding hydrogens is 269 g/mol. The van der Waals surface area contributed by atoms with Crippen molar-refractivity contribution in [1.29, 1.82) is 0 Å². The molecule has 2 aromatic rings. The fourth-order valence-electron chi connectivity index (χ4n) is 2.08. The number of carbonyl (C=O) groups excluding carboxylic acids is 1. The monoisotopic (exact) mass is 287 g/mol. The summed E-state index contributed by atoms with van der Waals surface area (Å²) in [4.78, 5) is 11.6. The molecule has 0 aliphatic carbocycles. The third kappa shape index (κ3) is 3.40. The van der Waals surface area contributed by atoms with Crippen LogP contribution in [0.2, 0.25) is 0 Å². The van der Waals surface area contributed by atoms with Crippen LogP contribution in [0, 0.1) is 12.7 Å². The molecular formula is C17H18FNO2. The molecule has 0 unspecified atom stereocenters. The van der Waals surface area contributed by atoms with Gasteiger partial charge in [0.15, 0.2) is 0 Å². The first kappa shape index (κ1) is 15.0. The summed E-state index contributed by atoms with van der Waals surface area (Å²) in [7, 11) is 0. The summed E-state index contributed by atoms with van der Waals surface area (Å²) in [6.07, 6.45) is 0.826. The number of benzene rings is 2. The number of rotatable bonds is 5. The molecule has 0 saturated heterocycles. The van der Waals surface area contributed by atoms with Crippen molar-refractivity contribution < 1.29 is 13.9 Å². The van der Waals surface area contributed by atoms with Gasteiger partial charge in [0.25, 0.3) is 5.91 Å². The maximum absolute atomic E-state index is 14.0. The van der Waals surface area contributed by atoms with Crippen LogP contribution in [0.4, 0.5) is 4.39 Å². The van der Waals surface area contributed by atoms with Crippen molar-refractivity contribution in [2.24, 2.45) is 5.73 Å². The molecule has 0 fully saturated rings. The molecule has 3 nitrogen and oxygen atoms in total. The summed E-state index contributed by atoms with van der Waals surface area (Å²) >= 11 is 0. The van der Waals surface area contributed by atoms with Gasteiger partial charge in [0.05, 0.1) is 12.2 Å². The number of ether oxygens (including phenoxy) is 1. The molecule has 2 N–H and O–H groups in total. The number of primary amides is 1. The van der Waals surface area contributed by atoms with E-state index >= 15 is 0 Å². The summed E-state index contributed by atoms with van der Waals surface area (Å²) < 4.78 is 19.5. The van der Waals surface area contributed by atoms with E-state index in [4.69, 9.17) is 10.5 Å². The van der Waals surface area contributed by atoms with Gasteiger partial charge in [0.2, 0.25) is 0 Å². The van der Waals surface area contributed by atoms with Crippen molar-refractivity contribution in [3.8, 4) is 16.9 Å². The second-order valence-electron chi connectivity index (χ2n) is 4.91. The average molecular weight is 287 g/mol. The number of carbonyl (C=O) groups is 1. The third-order valence-electron chi connectivity index (χ3n) is 3.14. The van der Waals surface area contributed by atoms with E-state index in [2.05, 4.69) is 0 Å². The minimum atomic E-state index is -0.588. The number of hydrogen-bond donors (Lipinski definition) is 1. The lowest BCUT2D eigenvalue weighted by Crippen LogP contribution is -2.13. The van der Waals surface area contributed by atoms with Crippen LogP contribution in [-0.4, -0.2) is 12.5 Å². The lowest BCUT2D eigenvalue weighted by molar-refractivity contribution is 0.0996. The van der Waals surface area contributed by atoms with Crippen LogP contribution in [0.25, 0.3) is 11.1 Å². The van der Waals surface area contributed by atoms with E-state index in [1.54, 1.807) is 24.3 Å². The van der Waals surface area contributed by atoms with Crippen molar-refractivity contribution in [2.75, 3.05) is 6.61 Å². The van der Waals surface area contributed by atoms with E-state index in [1.807, 2.05) is 19.9 Å². The minimum absolute atomic E-state index is 0.265. The third-order valence-corrected chi connectivity index (χ3v) is 3.14. The zero-order valence-electron chi connectivity index (χ0n) is 12.2. The largest absolute Gasteiger partial charge is 0.493 e. The molecule has 0 heterocycles. The van der Waals surface area contributed by atoms with Crippen LogP contribution in [-0.2, 0) is 0 Å². The topological polar surface area (TPSA) is 52.3 Å². The predicted octanol–water partition coefficient (Wildman–Crippen LogP) is 3.69. The fourth-order valence-corrected chi connectivity index (χ4v) is 2.08. The number of amides is 1. The molecule has 0 spiro atoms. The SMILES string of the molecule is CCCOc1ccc(-c2ccc(C)cc2F)cc1C(N)=O. The van der Waals surface area contributed by atoms with Gasteiger partial charge in [0.1, 0.15) is 11.6 Å². The molecule has 4 heteroatoms. The Labute approximate surface area is 123 Å². The highest BCUT2D eigenvalue weighted by Crippen LogP contribution is 2.29. The number of hydrogen-bond acceptors (Lipinski definition) is 2. The second kappa shape index (κ2) is 6.39. The van der Waals surface area contributed by atoms with Gasteiger partial charge in [-0.25, -0.2) is 4.39 Å². The Bertz CT molecular complexity index is 668. The highest BCUT2D eigenvalue weighted by atomic mass is 19.1. The summed E-state index contributed by atoms with van der Waals surface area (Å²) in [5.74, 6) is -0.483. The molecule has 0 aromatic heterocycles. The highest BCUT2D eigenvalue weighted by molar-refractivity contribution is 5.97. The Hall–Kier alpha value is -2.36. The zero-order chi connectivity index (χ0) is 15.4. The van der Waals surface area contributed by atoms with E-state index in [0.717, 1.165) is 12.0 Å². The van der Waals surface area contributed by atoms with Gasteiger partial charge in [-0.05, 0) is 42.7 Å². The molecule has 0 radical (unpaired) electrons. The highest BCUT2D eigenvalue weighted by Gasteiger charge is 2.13. The number of aryl methyl sites for hydroxylation is 1. The second-order valence-corrected chi connectivity index (χ2v) is 4.91. The maximum Gasteiger partial charge on any atom is 0.252 e. The first-order valence-electron chi connectivity index (χ1n) is 6.86. The van der Waals surface area contributed by atoms with Crippen LogP contribution in [0.1, 0.15) is 29.3 Å². The molecule has 0 aliphatic heterocycles. The van der Waals surface area contributed by atoms with E-state index in [9.17, 15) is 9.18 Å². The minimum Gasteiger partial charge on any atom is -0.493 e. The predicted molar refractivity (Wildman–Crippen MR) is 80.9 cm³/mol. The van der Waals surface area contributed by atoms with Gasteiger partial charge in [0, 0.05) is 5.56 Å².